The number of hydrogen-bond donors (Lipinski definition) is 3. The van der Waals surface area contributed by atoms with E-state index in [1.54, 1.807) is 48.0 Å². The minimum Gasteiger partial charge on any atom is -0.506 e. The first-order valence-corrected chi connectivity index (χ1v) is 15.7. The van der Waals surface area contributed by atoms with Crippen molar-refractivity contribution in [1.82, 2.24) is 30.1 Å². The van der Waals surface area contributed by atoms with E-state index < -0.39 is 11.2 Å². The van der Waals surface area contributed by atoms with Gasteiger partial charge in [0.05, 0.1) is 50.9 Å². The second kappa shape index (κ2) is 21.2. The third kappa shape index (κ3) is 17.5. The van der Waals surface area contributed by atoms with Gasteiger partial charge >= 0.3 is 12.2 Å². The molecule has 14 nitrogen and oxygen atoms in total. The first-order chi connectivity index (χ1) is 22.7. The van der Waals surface area contributed by atoms with Gasteiger partial charge in [0.2, 0.25) is 0 Å². The number of aliphatic hydroxyl groups excluding tert-OH is 1. The SMILES string of the molecule is CC(C)(C)OC(=O)N1CC(O)C1.CC(C)(C)OC(=O)N1CC(Oc2cccnc2)C1.Cl.Cl.Oc1cccnc1.c1cncc(OC2CNC2)c1. The van der Waals surface area contributed by atoms with Crippen molar-refractivity contribution in [2.45, 2.75) is 71.1 Å². The number of ether oxygens (including phenoxy) is 4. The second-order valence-electron chi connectivity index (χ2n) is 13.2. The van der Waals surface area contributed by atoms with Crippen molar-refractivity contribution in [3.8, 4) is 17.2 Å². The zero-order valence-corrected chi connectivity index (χ0v) is 30.9. The van der Waals surface area contributed by atoms with Gasteiger partial charge < -0.3 is 44.3 Å². The third-order valence-corrected chi connectivity index (χ3v) is 6.28. The molecule has 0 unspecified atom stereocenters. The topological polar surface area (TPSA) is 169 Å². The van der Waals surface area contributed by atoms with Crippen LogP contribution in [0.3, 0.4) is 0 Å². The zero-order chi connectivity index (χ0) is 35.2. The number of nitrogens with zero attached hydrogens (tertiary/aromatic N) is 5. The molecule has 3 aromatic heterocycles. The van der Waals surface area contributed by atoms with Gasteiger partial charge in [-0.05, 0) is 77.9 Å². The highest BCUT2D eigenvalue weighted by atomic mass is 35.5. The molecule has 2 amide bonds. The fourth-order valence-corrected chi connectivity index (χ4v) is 3.84. The Morgan fingerprint density at radius 2 is 1.12 bits per heavy atom. The summed E-state index contributed by atoms with van der Waals surface area (Å²) in [5, 5.41) is 20.6. The van der Waals surface area contributed by atoms with Crippen molar-refractivity contribution in [1.29, 1.82) is 0 Å². The van der Waals surface area contributed by atoms with Crippen molar-refractivity contribution >= 4 is 37.0 Å². The molecule has 0 saturated carbocycles. The number of β-amino-alcohol motifs (C(OH)–C–C–N with tert-alkyl or cyclic N) is 1. The van der Waals surface area contributed by atoms with Gasteiger partial charge in [-0.15, -0.1) is 24.8 Å². The number of aromatic nitrogens is 3. The zero-order valence-electron chi connectivity index (χ0n) is 29.3. The monoisotopic (exact) mass is 740 g/mol. The molecule has 3 fully saturated rings. The lowest BCUT2D eigenvalue weighted by Crippen LogP contribution is -2.57. The number of aromatic hydroxyl groups is 1. The highest BCUT2D eigenvalue weighted by Gasteiger charge is 2.35. The standard InChI is InChI=1S/C13H18N2O3.C8H10N2O.C8H15NO3.C5H5NO.2ClH/c1-13(2,3)18-12(16)15-8-11(9-15)17-10-5-4-6-14-7-10;1-2-7(4-9-3-1)11-8-5-10-6-8;1-8(2,3)12-7(11)9-4-6(10)5-9;7-5-2-1-3-6-4-5;;/h4-7,11H,8-9H2,1-3H3;1-4,8,10H,5-6H2;6,10H,4-5H2,1-3H3;1-4,7H;2*1H. The van der Waals surface area contributed by atoms with Crippen molar-refractivity contribution in [2.24, 2.45) is 0 Å². The van der Waals surface area contributed by atoms with Crippen LogP contribution in [-0.2, 0) is 9.47 Å². The molecule has 3 saturated heterocycles. The van der Waals surface area contributed by atoms with Crippen LogP contribution < -0.4 is 14.8 Å². The smallest absolute Gasteiger partial charge is 0.410 e. The number of rotatable bonds is 4. The summed E-state index contributed by atoms with van der Waals surface area (Å²) >= 11 is 0. The molecule has 0 radical (unpaired) electrons. The predicted octanol–water partition coefficient (Wildman–Crippen LogP) is 4.74. The maximum Gasteiger partial charge on any atom is 0.410 e. The molecule has 6 heterocycles. The van der Waals surface area contributed by atoms with Gasteiger partial charge in [-0.3, -0.25) is 15.0 Å². The van der Waals surface area contributed by atoms with E-state index in [1.807, 2.05) is 65.8 Å². The summed E-state index contributed by atoms with van der Waals surface area (Å²) in [6, 6.07) is 10.7. The molecular weight excluding hydrogens is 691 g/mol. The molecule has 3 aromatic rings. The van der Waals surface area contributed by atoms with Crippen molar-refractivity contribution in [3.05, 3.63) is 73.6 Å². The highest BCUT2D eigenvalue weighted by molar-refractivity contribution is 5.85. The van der Waals surface area contributed by atoms with Gasteiger partial charge in [0.15, 0.2) is 0 Å². The van der Waals surface area contributed by atoms with Gasteiger partial charge in [0.1, 0.15) is 40.7 Å². The maximum atomic E-state index is 11.7. The van der Waals surface area contributed by atoms with Crippen LogP contribution in [-0.4, -0.2) is 116 Å². The summed E-state index contributed by atoms with van der Waals surface area (Å²) in [5.41, 5.74) is -0.899. The predicted molar refractivity (Wildman–Crippen MR) is 192 cm³/mol. The average Bonchev–Trinajstić information content (AvgIpc) is 2.96. The molecule has 0 atom stereocenters. The van der Waals surface area contributed by atoms with Gasteiger partial charge in [-0.25, -0.2) is 9.59 Å². The number of pyridine rings is 3. The molecule has 0 spiro atoms. The molecule has 0 aliphatic carbocycles. The quantitative estimate of drug-likeness (QED) is 0.337. The molecule has 3 aliphatic rings. The molecular formula is C34H50Cl2N6O8. The first kappa shape index (κ1) is 43.9. The van der Waals surface area contributed by atoms with E-state index in [2.05, 4.69) is 20.3 Å². The van der Waals surface area contributed by atoms with E-state index in [9.17, 15) is 9.59 Å². The first-order valence-electron chi connectivity index (χ1n) is 15.7. The summed E-state index contributed by atoms with van der Waals surface area (Å²) in [5.74, 6) is 1.80. The largest absolute Gasteiger partial charge is 0.506 e. The van der Waals surface area contributed by atoms with Gasteiger partial charge in [0.25, 0.3) is 0 Å². The molecule has 16 heteroatoms. The van der Waals surface area contributed by atoms with Crippen LogP contribution in [0.1, 0.15) is 41.5 Å². The Labute approximate surface area is 306 Å². The lowest BCUT2D eigenvalue weighted by Gasteiger charge is -2.39. The fourth-order valence-electron chi connectivity index (χ4n) is 3.84. The Balaban J connectivity index is 0.000000345. The molecule has 0 aromatic carbocycles. The number of likely N-dealkylation sites (tertiary alicyclic amines) is 2. The minimum absolute atomic E-state index is 0. The Bertz CT molecular complexity index is 1370. The van der Waals surface area contributed by atoms with Crippen LogP contribution in [0.5, 0.6) is 17.2 Å². The van der Waals surface area contributed by atoms with E-state index in [1.165, 1.54) is 11.1 Å². The number of nitrogens with one attached hydrogen (secondary N) is 1. The Morgan fingerprint density at radius 1 is 0.700 bits per heavy atom. The van der Waals surface area contributed by atoms with E-state index in [0.29, 0.717) is 32.3 Å². The number of carbonyl (C=O) groups excluding carboxylic acids is 2. The summed E-state index contributed by atoms with van der Waals surface area (Å²) in [7, 11) is 0. The normalized spacial score (nSPS) is 15.3. The molecule has 3 aliphatic heterocycles. The lowest BCUT2D eigenvalue weighted by molar-refractivity contribution is -0.0303. The molecule has 50 heavy (non-hydrogen) atoms. The molecule has 3 N–H and O–H groups in total. The Hall–Kier alpha value is -4.11. The summed E-state index contributed by atoms with van der Waals surface area (Å²) < 4.78 is 21.5. The number of hydrogen-bond acceptors (Lipinski definition) is 12. The van der Waals surface area contributed by atoms with Crippen molar-refractivity contribution in [3.63, 3.8) is 0 Å². The minimum atomic E-state index is -0.452. The maximum absolute atomic E-state index is 11.7. The number of aliphatic hydroxyl groups is 1. The number of halogens is 2. The van der Waals surface area contributed by atoms with Gasteiger partial charge in [0, 0.05) is 31.7 Å². The number of amides is 2. The van der Waals surface area contributed by atoms with E-state index in [-0.39, 0.29) is 55.0 Å². The van der Waals surface area contributed by atoms with E-state index in [0.717, 1.165) is 24.6 Å². The molecule has 0 bridgehead atoms. The van der Waals surface area contributed by atoms with Crippen LogP contribution in [0.4, 0.5) is 9.59 Å². The van der Waals surface area contributed by atoms with Gasteiger partial charge in [-0.1, -0.05) is 0 Å². The fraction of sp³-hybridized carbons (Fsp3) is 0.500. The van der Waals surface area contributed by atoms with Crippen LogP contribution in [0, 0.1) is 0 Å². The third-order valence-electron chi connectivity index (χ3n) is 6.28. The summed E-state index contributed by atoms with van der Waals surface area (Å²) in [6.45, 7) is 14.8. The van der Waals surface area contributed by atoms with Crippen LogP contribution in [0.2, 0.25) is 0 Å². The van der Waals surface area contributed by atoms with Gasteiger partial charge in [-0.2, -0.15) is 0 Å². The van der Waals surface area contributed by atoms with E-state index in [4.69, 9.17) is 29.2 Å². The van der Waals surface area contributed by atoms with Crippen molar-refractivity contribution < 1.29 is 38.7 Å². The lowest BCUT2D eigenvalue weighted by atomic mass is 10.1. The van der Waals surface area contributed by atoms with Crippen LogP contribution in [0.15, 0.2) is 73.6 Å². The van der Waals surface area contributed by atoms with Crippen LogP contribution >= 0.6 is 24.8 Å². The number of carbonyl (C=O) groups is 2. The molecule has 6 rings (SSSR count). The Kier molecular flexibility index (Phi) is 18.6. The average molecular weight is 742 g/mol. The van der Waals surface area contributed by atoms with Crippen LogP contribution in [0.25, 0.3) is 0 Å². The highest BCUT2D eigenvalue weighted by Crippen LogP contribution is 2.20. The van der Waals surface area contributed by atoms with Crippen molar-refractivity contribution in [2.75, 3.05) is 39.3 Å². The Morgan fingerprint density at radius 3 is 1.42 bits per heavy atom. The molecule has 278 valence electrons. The summed E-state index contributed by atoms with van der Waals surface area (Å²) in [6.07, 6.45) is 9.22. The summed E-state index contributed by atoms with van der Waals surface area (Å²) in [4.78, 5) is 37.5. The van der Waals surface area contributed by atoms with E-state index >= 15 is 0 Å². The second-order valence-corrected chi connectivity index (χ2v) is 13.2.